The number of fused-ring (bicyclic) bond motifs is 3. The third kappa shape index (κ3) is 2.53. The summed E-state index contributed by atoms with van der Waals surface area (Å²) in [6.45, 7) is 0. The van der Waals surface area contributed by atoms with Gasteiger partial charge in [0.15, 0.2) is 0 Å². The average molecular weight is 400 g/mol. The topological polar surface area (TPSA) is 3.24 Å². The van der Waals surface area contributed by atoms with E-state index in [9.17, 15) is 0 Å². The van der Waals surface area contributed by atoms with Crippen LogP contribution in [-0.2, 0) is 0 Å². The Balaban J connectivity index is 1.68. The third-order valence-corrected chi connectivity index (χ3v) is 5.77. The molecule has 5 rings (SSSR count). The van der Waals surface area contributed by atoms with Crippen LogP contribution in [0, 0.1) is 0 Å². The number of hydrogen-bond acceptors (Lipinski definition) is 1. The first-order valence-electron chi connectivity index (χ1n) is 8.90. The Morgan fingerprint density at radius 2 is 1.50 bits per heavy atom. The molecule has 0 bridgehead atoms. The molecule has 0 N–H and O–H groups in total. The smallest absolute Gasteiger partial charge is 0.0630 e. The Kier molecular flexibility index (Phi) is 3.79. The lowest BCUT2D eigenvalue weighted by Gasteiger charge is -2.29. The van der Waals surface area contributed by atoms with Gasteiger partial charge in [0.1, 0.15) is 0 Å². The second kappa shape index (κ2) is 6.30. The first-order valence-corrected chi connectivity index (χ1v) is 9.70. The van der Waals surface area contributed by atoms with Crippen molar-refractivity contribution in [3.05, 3.63) is 107 Å². The molecule has 0 fully saturated rings. The molecule has 1 aliphatic heterocycles. The number of benzene rings is 3. The van der Waals surface area contributed by atoms with E-state index in [4.69, 9.17) is 0 Å². The van der Waals surface area contributed by atoms with Gasteiger partial charge in [0.25, 0.3) is 0 Å². The highest BCUT2D eigenvalue weighted by atomic mass is 79.9. The molecule has 3 aromatic carbocycles. The fourth-order valence-corrected chi connectivity index (χ4v) is 4.51. The maximum atomic E-state index is 3.67. The maximum Gasteiger partial charge on any atom is 0.0630 e. The van der Waals surface area contributed by atoms with Crippen LogP contribution >= 0.6 is 15.9 Å². The summed E-state index contributed by atoms with van der Waals surface area (Å²) < 4.78 is 1.16. The van der Waals surface area contributed by atoms with E-state index in [0.717, 1.165) is 4.48 Å². The van der Waals surface area contributed by atoms with Crippen molar-refractivity contribution in [2.45, 2.75) is 12.0 Å². The number of allylic oxidation sites excluding steroid dienone is 2. The molecule has 26 heavy (non-hydrogen) atoms. The fraction of sp³-hybridized carbons (Fsp3) is 0.0833. The molecule has 2 heteroatoms. The van der Waals surface area contributed by atoms with Crippen LogP contribution in [0.25, 0.3) is 11.1 Å². The van der Waals surface area contributed by atoms with Crippen LogP contribution in [-0.4, -0.2) is 6.04 Å². The zero-order valence-electron chi connectivity index (χ0n) is 14.2. The van der Waals surface area contributed by atoms with Gasteiger partial charge in [-0.15, -0.1) is 0 Å². The molecule has 0 saturated carbocycles. The summed E-state index contributed by atoms with van der Waals surface area (Å²) >= 11 is 3.67. The van der Waals surface area contributed by atoms with Crippen LogP contribution in [0.5, 0.6) is 0 Å². The van der Waals surface area contributed by atoms with Crippen molar-refractivity contribution in [3.8, 4) is 11.1 Å². The molecule has 0 aromatic heterocycles. The number of rotatable bonds is 2. The second-order valence-electron chi connectivity index (χ2n) is 6.77. The number of hydrogen-bond donors (Lipinski definition) is 0. The minimum atomic E-state index is 0.319. The van der Waals surface area contributed by atoms with Gasteiger partial charge in [0.05, 0.1) is 6.04 Å². The average Bonchev–Trinajstić information content (AvgIpc) is 3.02. The number of nitrogens with zero attached hydrogens (tertiary/aromatic N) is 1. The van der Waals surface area contributed by atoms with Crippen LogP contribution in [0.4, 0.5) is 11.4 Å². The summed E-state index contributed by atoms with van der Waals surface area (Å²) in [5.41, 5.74) is 6.47. The van der Waals surface area contributed by atoms with Crippen LogP contribution in [0.3, 0.4) is 0 Å². The Morgan fingerprint density at radius 1 is 0.769 bits per heavy atom. The normalized spacial score (nSPS) is 20.5. The summed E-state index contributed by atoms with van der Waals surface area (Å²) in [6.07, 6.45) is 6.81. The minimum absolute atomic E-state index is 0.319. The molecule has 3 aromatic rings. The molecule has 1 aliphatic carbocycles. The third-order valence-electron chi connectivity index (χ3n) is 5.25. The SMILES string of the molecule is BrC1=CC2c3cc(-c4ccccc4)ccc3N(c3ccccc3)C2C=C1. The maximum absolute atomic E-state index is 3.67. The molecular formula is C24H18BrN. The van der Waals surface area contributed by atoms with Crippen molar-refractivity contribution in [1.29, 1.82) is 0 Å². The van der Waals surface area contributed by atoms with Crippen LogP contribution in [0.1, 0.15) is 11.5 Å². The lowest BCUT2D eigenvalue weighted by atomic mass is 9.90. The largest absolute Gasteiger partial charge is 0.333 e. The van der Waals surface area contributed by atoms with Gasteiger partial charge in [0.2, 0.25) is 0 Å². The number of anilines is 2. The van der Waals surface area contributed by atoms with Crippen molar-refractivity contribution in [3.63, 3.8) is 0 Å². The molecule has 0 radical (unpaired) electrons. The van der Waals surface area contributed by atoms with Gasteiger partial charge in [0, 0.05) is 21.8 Å². The first-order chi connectivity index (χ1) is 12.8. The van der Waals surface area contributed by atoms with Gasteiger partial charge in [-0.3, -0.25) is 0 Å². The summed E-state index contributed by atoms with van der Waals surface area (Å²) in [4.78, 5) is 2.46. The molecular weight excluding hydrogens is 382 g/mol. The lowest BCUT2D eigenvalue weighted by Crippen LogP contribution is -2.28. The lowest BCUT2D eigenvalue weighted by molar-refractivity contribution is 0.744. The summed E-state index contributed by atoms with van der Waals surface area (Å²) in [5.74, 6) is 0.355. The van der Waals surface area contributed by atoms with E-state index in [0.29, 0.717) is 12.0 Å². The van der Waals surface area contributed by atoms with E-state index in [1.54, 1.807) is 0 Å². The van der Waals surface area contributed by atoms with Gasteiger partial charge >= 0.3 is 0 Å². The Morgan fingerprint density at radius 3 is 2.27 bits per heavy atom. The summed E-state index contributed by atoms with van der Waals surface area (Å²) in [5, 5.41) is 0. The van der Waals surface area contributed by atoms with Crippen molar-refractivity contribution in [2.24, 2.45) is 0 Å². The van der Waals surface area contributed by atoms with Crippen LogP contribution < -0.4 is 4.90 Å². The van der Waals surface area contributed by atoms with E-state index < -0.39 is 0 Å². The molecule has 1 nitrogen and oxygen atoms in total. The zero-order chi connectivity index (χ0) is 17.5. The highest BCUT2D eigenvalue weighted by Crippen LogP contribution is 2.49. The van der Waals surface area contributed by atoms with E-state index >= 15 is 0 Å². The molecule has 126 valence electrons. The van der Waals surface area contributed by atoms with Crippen LogP contribution in [0.15, 0.2) is 102 Å². The first kappa shape index (κ1) is 15.7. The molecule has 0 amide bonds. The predicted molar refractivity (Wildman–Crippen MR) is 113 cm³/mol. The molecule has 1 heterocycles. The van der Waals surface area contributed by atoms with Crippen LogP contribution in [0.2, 0.25) is 0 Å². The van der Waals surface area contributed by atoms with E-state index in [1.807, 2.05) is 0 Å². The van der Waals surface area contributed by atoms with Gasteiger partial charge in [-0.05, 0) is 41.0 Å². The predicted octanol–water partition coefficient (Wildman–Crippen LogP) is 6.81. The second-order valence-corrected chi connectivity index (χ2v) is 7.69. The van der Waals surface area contributed by atoms with Crippen molar-refractivity contribution < 1.29 is 0 Å². The monoisotopic (exact) mass is 399 g/mol. The molecule has 2 aliphatic rings. The van der Waals surface area contributed by atoms with Gasteiger partial charge in [-0.2, -0.15) is 0 Å². The van der Waals surface area contributed by atoms with Gasteiger partial charge in [-0.25, -0.2) is 0 Å². The van der Waals surface area contributed by atoms with E-state index in [1.165, 1.54) is 28.1 Å². The van der Waals surface area contributed by atoms with Crippen molar-refractivity contribution >= 4 is 27.3 Å². The number of halogens is 1. The van der Waals surface area contributed by atoms with Gasteiger partial charge < -0.3 is 4.90 Å². The van der Waals surface area contributed by atoms with Crippen molar-refractivity contribution in [1.82, 2.24) is 0 Å². The molecule has 0 saturated heterocycles. The molecule has 0 spiro atoms. The van der Waals surface area contributed by atoms with E-state index in [2.05, 4.69) is 118 Å². The Bertz CT molecular complexity index is 1000. The Hall–Kier alpha value is -2.58. The fourth-order valence-electron chi connectivity index (χ4n) is 4.07. The number of para-hydroxylation sites is 1. The Labute approximate surface area is 162 Å². The standard InChI is InChI=1S/C24H18BrN/c25-19-12-14-24-22(16-19)21-15-18(17-7-3-1-4-8-17)11-13-23(21)26(24)20-9-5-2-6-10-20/h1-16,22,24H. The molecule has 2 atom stereocenters. The minimum Gasteiger partial charge on any atom is -0.333 e. The summed E-state index contributed by atoms with van der Waals surface area (Å²) in [7, 11) is 0. The van der Waals surface area contributed by atoms with E-state index in [-0.39, 0.29) is 0 Å². The van der Waals surface area contributed by atoms with Crippen molar-refractivity contribution in [2.75, 3.05) is 4.90 Å². The molecule has 2 unspecified atom stereocenters. The highest BCUT2D eigenvalue weighted by molar-refractivity contribution is 9.11. The quantitative estimate of drug-likeness (QED) is 0.457. The zero-order valence-corrected chi connectivity index (χ0v) is 15.8. The van der Waals surface area contributed by atoms with Gasteiger partial charge in [-0.1, -0.05) is 88.8 Å². The highest BCUT2D eigenvalue weighted by Gasteiger charge is 2.38. The summed E-state index contributed by atoms with van der Waals surface area (Å²) in [6, 6.07) is 28.5.